The van der Waals surface area contributed by atoms with Gasteiger partial charge in [0.1, 0.15) is 10.1 Å². The van der Waals surface area contributed by atoms with Gasteiger partial charge >= 0.3 is 0 Å². The fourth-order valence-electron chi connectivity index (χ4n) is 2.49. The lowest BCUT2D eigenvalue weighted by Gasteiger charge is -2.09. The molecule has 2 aliphatic heterocycles. The van der Waals surface area contributed by atoms with Crippen molar-refractivity contribution in [1.29, 1.82) is 0 Å². The first kappa shape index (κ1) is 17.3. The molecule has 124 valence electrons. The zero-order valence-corrected chi connectivity index (χ0v) is 16.6. The molecule has 3 heterocycles. The highest BCUT2D eigenvalue weighted by Crippen LogP contribution is 2.35. The summed E-state index contributed by atoms with van der Waals surface area (Å²) < 4.78 is 0. The number of hydrogen-bond acceptors (Lipinski definition) is 5. The molecule has 0 fully saturated rings. The standard InChI is InChI=1S/C18H24N2S3/c1-11(2)15-9-22-17(19-15)14(8-13-6-5-7-21-13)18-20-16(10-23-18)12(3)4/h5-8,11-12,15-16H,9-10H2,1-4H3/t15-,16-/m1/s1. The Hall–Kier alpha value is -0.520. The van der Waals surface area contributed by atoms with Crippen LogP contribution in [0.2, 0.25) is 0 Å². The summed E-state index contributed by atoms with van der Waals surface area (Å²) in [5.41, 5.74) is 1.24. The molecule has 2 atom stereocenters. The lowest BCUT2D eigenvalue weighted by molar-refractivity contribution is 0.543. The molecule has 0 radical (unpaired) electrons. The van der Waals surface area contributed by atoms with Crippen LogP contribution >= 0.6 is 34.9 Å². The van der Waals surface area contributed by atoms with Crippen molar-refractivity contribution in [2.24, 2.45) is 21.8 Å². The van der Waals surface area contributed by atoms with Crippen LogP contribution in [0.25, 0.3) is 6.08 Å². The second-order valence-corrected chi connectivity index (χ2v) is 9.68. The molecule has 2 aliphatic rings. The van der Waals surface area contributed by atoms with E-state index < -0.39 is 0 Å². The molecule has 5 heteroatoms. The predicted octanol–water partition coefficient (Wildman–Crippen LogP) is 5.47. The van der Waals surface area contributed by atoms with E-state index in [9.17, 15) is 0 Å². The van der Waals surface area contributed by atoms with E-state index in [0.717, 1.165) is 11.5 Å². The molecule has 0 aromatic carbocycles. The van der Waals surface area contributed by atoms with E-state index in [-0.39, 0.29) is 0 Å². The molecule has 2 nitrogen and oxygen atoms in total. The van der Waals surface area contributed by atoms with Gasteiger partial charge in [0.15, 0.2) is 0 Å². The molecule has 1 aromatic rings. The maximum Gasteiger partial charge on any atom is 0.101 e. The first-order valence-corrected chi connectivity index (χ1v) is 11.1. The van der Waals surface area contributed by atoms with Crippen LogP contribution in [0.1, 0.15) is 32.6 Å². The Bertz CT molecular complexity index is 591. The lowest BCUT2D eigenvalue weighted by atomic mass is 10.1. The molecule has 23 heavy (non-hydrogen) atoms. The monoisotopic (exact) mass is 364 g/mol. The van der Waals surface area contributed by atoms with Crippen molar-refractivity contribution in [3.8, 4) is 0 Å². The summed E-state index contributed by atoms with van der Waals surface area (Å²) in [6, 6.07) is 5.16. The van der Waals surface area contributed by atoms with Crippen molar-refractivity contribution in [2.75, 3.05) is 11.5 Å². The van der Waals surface area contributed by atoms with Crippen LogP contribution in [0.3, 0.4) is 0 Å². The van der Waals surface area contributed by atoms with Crippen molar-refractivity contribution < 1.29 is 0 Å². The minimum Gasteiger partial charge on any atom is -0.273 e. The third-order valence-electron chi connectivity index (χ3n) is 4.18. The summed E-state index contributed by atoms with van der Waals surface area (Å²) in [6.07, 6.45) is 2.29. The van der Waals surface area contributed by atoms with Crippen LogP contribution in [-0.2, 0) is 0 Å². The highest BCUT2D eigenvalue weighted by molar-refractivity contribution is 8.17. The summed E-state index contributed by atoms with van der Waals surface area (Å²) in [5.74, 6) is 3.40. The van der Waals surface area contributed by atoms with Gasteiger partial charge < -0.3 is 0 Å². The predicted molar refractivity (Wildman–Crippen MR) is 109 cm³/mol. The fourth-order valence-corrected chi connectivity index (χ4v) is 5.83. The van der Waals surface area contributed by atoms with Crippen molar-refractivity contribution in [3.05, 3.63) is 28.0 Å². The Morgan fingerprint density at radius 1 is 1.04 bits per heavy atom. The molecular weight excluding hydrogens is 340 g/mol. The van der Waals surface area contributed by atoms with E-state index in [1.807, 2.05) is 23.5 Å². The van der Waals surface area contributed by atoms with Crippen LogP contribution < -0.4 is 0 Å². The average molecular weight is 365 g/mol. The maximum atomic E-state index is 5.00. The van der Waals surface area contributed by atoms with Gasteiger partial charge in [0, 0.05) is 22.0 Å². The normalized spacial score (nSPS) is 24.3. The molecule has 0 aliphatic carbocycles. The largest absolute Gasteiger partial charge is 0.273 e. The van der Waals surface area contributed by atoms with Crippen LogP contribution in [0.15, 0.2) is 33.1 Å². The van der Waals surface area contributed by atoms with E-state index >= 15 is 0 Å². The highest BCUT2D eigenvalue weighted by atomic mass is 32.2. The molecule has 0 saturated heterocycles. The third kappa shape index (κ3) is 4.12. The molecule has 0 bridgehead atoms. The number of thioether (sulfide) groups is 2. The number of thiophene rings is 1. The summed E-state index contributed by atoms with van der Waals surface area (Å²) >= 11 is 5.57. The second-order valence-electron chi connectivity index (χ2n) is 6.69. The molecule has 0 saturated carbocycles. The molecule has 0 amide bonds. The molecule has 1 aromatic heterocycles. The fraction of sp³-hybridized carbons (Fsp3) is 0.556. The first-order chi connectivity index (χ1) is 11.0. The second kappa shape index (κ2) is 7.58. The lowest BCUT2D eigenvalue weighted by Crippen LogP contribution is -2.12. The van der Waals surface area contributed by atoms with E-state index in [1.165, 1.54) is 20.5 Å². The van der Waals surface area contributed by atoms with Gasteiger partial charge in [0.05, 0.1) is 12.1 Å². The Balaban J connectivity index is 1.93. The van der Waals surface area contributed by atoms with Gasteiger partial charge in [-0.3, -0.25) is 9.98 Å². The molecule has 0 unspecified atom stereocenters. The van der Waals surface area contributed by atoms with Gasteiger partial charge in [-0.05, 0) is 29.4 Å². The molecule has 0 spiro atoms. The van der Waals surface area contributed by atoms with Gasteiger partial charge in [-0.25, -0.2) is 0 Å². The number of aliphatic imine (C=N–C) groups is 2. The van der Waals surface area contributed by atoms with Crippen molar-refractivity contribution in [1.82, 2.24) is 0 Å². The topological polar surface area (TPSA) is 24.7 Å². The van der Waals surface area contributed by atoms with Gasteiger partial charge in [-0.1, -0.05) is 33.8 Å². The average Bonchev–Trinajstić information content (AvgIpc) is 3.25. The van der Waals surface area contributed by atoms with E-state index in [1.54, 1.807) is 11.3 Å². The number of rotatable bonds is 5. The Kier molecular flexibility index (Phi) is 5.70. The zero-order valence-electron chi connectivity index (χ0n) is 14.2. The summed E-state index contributed by atoms with van der Waals surface area (Å²) in [5, 5.41) is 4.50. The zero-order chi connectivity index (χ0) is 16.4. The van der Waals surface area contributed by atoms with E-state index in [0.29, 0.717) is 23.9 Å². The number of hydrogen-bond donors (Lipinski definition) is 0. The maximum absolute atomic E-state index is 5.00. The van der Waals surface area contributed by atoms with Crippen LogP contribution in [-0.4, -0.2) is 33.7 Å². The van der Waals surface area contributed by atoms with Gasteiger partial charge in [-0.15, -0.1) is 34.9 Å². The summed E-state index contributed by atoms with van der Waals surface area (Å²) in [7, 11) is 0. The summed E-state index contributed by atoms with van der Waals surface area (Å²) in [6.45, 7) is 9.04. The van der Waals surface area contributed by atoms with Crippen molar-refractivity contribution in [2.45, 2.75) is 39.8 Å². The Morgan fingerprint density at radius 2 is 1.61 bits per heavy atom. The van der Waals surface area contributed by atoms with Crippen molar-refractivity contribution in [3.63, 3.8) is 0 Å². The highest BCUT2D eigenvalue weighted by Gasteiger charge is 2.29. The first-order valence-electron chi connectivity index (χ1n) is 8.21. The Morgan fingerprint density at radius 3 is 2.00 bits per heavy atom. The molecular formula is C18H24N2S3. The van der Waals surface area contributed by atoms with Crippen molar-refractivity contribution >= 4 is 51.0 Å². The molecule has 3 rings (SSSR count). The van der Waals surface area contributed by atoms with E-state index in [2.05, 4.69) is 51.3 Å². The van der Waals surface area contributed by atoms with Crippen LogP contribution in [0.5, 0.6) is 0 Å². The van der Waals surface area contributed by atoms with Gasteiger partial charge in [0.25, 0.3) is 0 Å². The smallest absolute Gasteiger partial charge is 0.101 e. The van der Waals surface area contributed by atoms with E-state index in [4.69, 9.17) is 9.98 Å². The van der Waals surface area contributed by atoms with Gasteiger partial charge in [-0.2, -0.15) is 0 Å². The molecule has 0 N–H and O–H groups in total. The SMILES string of the molecule is CC(C)[C@H]1CSC(C(=Cc2cccs2)C2=N[C@@H](C(C)C)CS2)=N1. The number of nitrogens with zero attached hydrogens (tertiary/aromatic N) is 2. The van der Waals surface area contributed by atoms with Crippen LogP contribution in [0, 0.1) is 11.8 Å². The Labute approximate surface area is 152 Å². The third-order valence-corrected chi connectivity index (χ3v) is 7.21. The minimum atomic E-state index is 0.439. The minimum absolute atomic E-state index is 0.439. The quantitative estimate of drug-likeness (QED) is 0.692. The summed E-state index contributed by atoms with van der Waals surface area (Å²) in [4.78, 5) is 11.3. The van der Waals surface area contributed by atoms with Crippen LogP contribution in [0.4, 0.5) is 0 Å². The van der Waals surface area contributed by atoms with Gasteiger partial charge in [0.2, 0.25) is 0 Å².